The summed E-state index contributed by atoms with van der Waals surface area (Å²) in [6, 6.07) is 4.02. The Labute approximate surface area is 195 Å². The standard InChI is InChI=1S/C24H27F4N3O3/c1-2-34-22(33)16-8-10-20(11-9-16)31-14-4-7-19(25)12-13-29-23(31)30-21(32)17-5-3-6-18(15-17)24(26,27)28/h3-7,12,15-16,20H,2,8-11,13-14H2,1H3,(H,29,30,32)/b7-4-,19-12+. The van der Waals surface area contributed by atoms with Crippen molar-refractivity contribution in [3.8, 4) is 0 Å². The van der Waals surface area contributed by atoms with Gasteiger partial charge in [-0.15, -0.1) is 0 Å². The molecule has 0 saturated heterocycles. The third-order valence-corrected chi connectivity index (χ3v) is 5.81. The van der Waals surface area contributed by atoms with Gasteiger partial charge in [0.15, 0.2) is 0 Å². The molecule has 1 aromatic rings. The zero-order valence-corrected chi connectivity index (χ0v) is 18.8. The summed E-state index contributed by atoms with van der Waals surface area (Å²) in [5.74, 6) is -1.51. The average Bonchev–Trinajstić information content (AvgIpc) is 2.89. The molecule has 184 valence electrons. The lowest BCUT2D eigenvalue weighted by molar-refractivity contribution is -0.149. The molecule has 1 aromatic carbocycles. The van der Waals surface area contributed by atoms with Crippen LogP contribution in [0.4, 0.5) is 17.6 Å². The minimum atomic E-state index is -4.58. The van der Waals surface area contributed by atoms with Gasteiger partial charge >= 0.3 is 12.1 Å². The Morgan fingerprint density at radius 2 is 1.94 bits per heavy atom. The number of nitrogens with zero attached hydrogens (tertiary/aromatic N) is 2. The minimum Gasteiger partial charge on any atom is -0.466 e. The number of rotatable bonds is 4. The fourth-order valence-electron chi connectivity index (χ4n) is 4.07. The van der Waals surface area contributed by atoms with Gasteiger partial charge in [-0.1, -0.05) is 12.1 Å². The van der Waals surface area contributed by atoms with E-state index < -0.39 is 23.5 Å². The summed E-state index contributed by atoms with van der Waals surface area (Å²) in [5.41, 5.74) is -1.10. The number of nitrogens with one attached hydrogen (secondary N) is 1. The molecule has 0 radical (unpaired) electrons. The number of amides is 1. The van der Waals surface area contributed by atoms with Gasteiger partial charge in [0, 0.05) is 18.2 Å². The van der Waals surface area contributed by atoms with Gasteiger partial charge in [0.05, 0.1) is 24.6 Å². The number of esters is 1. The quantitative estimate of drug-likeness (QED) is 0.503. The smallest absolute Gasteiger partial charge is 0.416 e. The minimum absolute atomic E-state index is 0.0525. The lowest BCUT2D eigenvalue weighted by Gasteiger charge is -2.37. The zero-order valence-electron chi connectivity index (χ0n) is 18.8. The van der Waals surface area contributed by atoms with Crippen LogP contribution < -0.4 is 5.32 Å². The molecular formula is C24H27F4N3O3. The highest BCUT2D eigenvalue weighted by Crippen LogP contribution is 2.30. The van der Waals surface area contributed by atoms with Crippen LogP contribution in [0.15, 0.2) is 53.3 Å². The molecule has 2 aliphatic rings. The van der Waals surface area contributed by atoms with Crippen LogP contribution in [0.3, 0.4) is 0 Å². The van der Waals surface area contributed by atoms with Crippen molar-refractivity contribution in [1.29, 1.82) is 0 Å². The predicted octanol–water partition coefficient (Wildman–Crippen LogP) is 4.64. The molecule has 6 nitrogen and oxygen atoms in total. The Balaban J connectivity index is 1.79. The van der Waals surface area contributed by atoms with Crippen LogP contribution in [-0.4, -0.2) is 48.5 Å². The fraction of sp³-hybridized carbons (Fsp3) is 0.458. The second kappa shape index (κ2) is 11.3. The number of guanidine groups is 1. The van der Waals surface area contributed by atoms with E-state index in [1.807, 2.05) is 0 Å². The number of aliphatic imine (C=N–C) groups is 1. The van der Waals surface area contributed by atoms with E-state index in [9.17, 15) is 27.2 Å². The van der Waals surface area contributed by atoms with Crippen LogP contribution in [0.5, 0.6) is 0 Å². The summed E-state index contributed by atoms with van der Waals surface area (Å²) >= 11 is 0. The molecule has 1 heterocycles. The van der Waals surface area contributed by atoms with E-state index >= 15 is 0 Å². The summed E-state index contributed by atoms with van der Waals surface area (Å²) in [4.78, 5) is 31.0. The summed E-state index contributed by atoms with van der Waals surface area (Å²) in [6.07, 6.45) is 1.98. The van der Waals surface area contributed by atoms with Gasteiger partial charge in [-0.25, -0.2) is 9.38 Å². The Morgan fingerprint density at radius 3 is 2.62 bits per heavy atom. The van der Waals surface area contributed by atoms with Crippen molar-refractivity contribution in [2.24, 2.45) is 10.9 Å². The van der Waals surface area contributed by atoms with Gasteiger partial charge in [-0.05, 0) is 63.0 Å². The molecule has 1 N–H and O–H groups in total. The molecule has 10 heteroatoms. The first-order valence-electron chi connectivity index (χ1n) is 11.2. The number of carbonyl (C=O) groups excluding carboxylic acids is 2. The number of hydrogen-bond donors (Lipinski definition) is 1. The summed E-state index contributed by atoms with van der Waals surface area (Å²) in [7, 11) is 0. The average molecular weight is 481 g/mol. The fourth-order valence-corrected chi connectivity index (χ4v) is 4.07. The Kier molecular flexibility index (Phi) is 8.46. The number of alkyl halides is 3. The van der Waals surface area contributed by atoms with Gasteiger partial charge < -0.3 is 9.64 Å². The summed E-state index contributed by atoms with van der Waals surface area (Å²) in [5, 5.41) is 2.62. The van der Waals surface area contributed by atoms with E-state index in [-0.39, 0.29) is 42.5 Å². The van der Waals surface area contributed by atoms with Gasteiger partial charge in [-0.2, -0.15) is 13.2 Å². The third-order valence-electron chi connectivity index (χ3n) is 5.81. The molecule has 3 rings (SSSR count). The third kappa shape index (κ3) is 6.68. The lowest BCUT2D eigenvalue weighted by atomic mass is 9.85. The number of carbonyl (C=O) groups is 2. The second-order valence-corrected chi connectivity index (χ2v) is 8.10. The number of hydrogen-bond acceptors (Lipinski definition) is 5. The summed E-state index contributed by atoms with van der Waals surface area (Å²) in [6.45, 7) is 2.25. The van der Waals surface area contributed by atoms with E-state index in [0.29, 0.717) is 32.3 Å². The number of halogens is 4. The van der Waals surface area contributed by atoms with Crippen LogP contribution in [-0.2, 0) is 15.7 Å². The van der Waals surface area contributed by atoms with Crippen LogP contribution >= 0.6 is 0 Å². The van der Waals surface area contributed by atoms with Crippen LogP contribution in [0.2, 0.25) is 0 Å². The molecule has 0 spiro atoms. The largest absolute Gasteiger partial charge is 0.466 e. The number of ether oxygens (including phenoxy) is 1. The predicted molar refractivity (Wildman–Crippen MR) is 119 cm³/mol. The van der Waals surface area contributed by atoms with Crippen molar-refractivity contribution in [3.05, 3.63) is 59.4 Å². The monoisotopic (exact) mass is 481 g/mol. The maximum Gasteiger partial charge on any atom is 0.416 e. The maximum atomic E-state index is 13.8. The normalized spacial score (nSPS) is 24.0. The van der Waals surface area contributed by atoms with E-state index in [2.05, 4.69) is 10.3 Å². The van der Waals surface area contributed by atoms with Gasteiger partial charge in [0.1, 0.15) is 5.83 Å². The maximum absolute atomic E-state index is 13.8. The molecular weight excluding hydrogens is 454 g/mol. The van der Waals surface area contributed by atoms with Crippen molar-refractivity contribution >= 4 is 17.8 Å². The van der Waals surface area contributed by atoms with Crippen LogP contribution in [0.1, 0.15) is 48.5 Å². The van der Waals surface area contributed by atoms with E-state index in [4.69, 9.17) is 4.74 Å². The zero-order chi connectivity index (χ0) is 24.7. The Hall–Kier alpha value is -3.17. The van der Waals surface area contributed by atoms with Crippen molar-refractivity contribution in [2.75, 3.05) is 19.7 Å². The number of allylic oxidation sites excluding steroid dienone is 2. The molecule has 0 bridgehead atoms. The topological polar surface area (TPSA) is 71.0 Å². The SMILES string of the molecule is CCOC(=O)C1CCC(N2C/C=C\C(F)=C/CN=C2NC(=O)c2cccc(C(F)(F)F)c2)CC1. The van der Waals surface area contributed by atoms with Crippen molar-refractivity contribution in [3.63, 3.8) is 0 Å². The Morgan fingerprint density at radius 1 is 1.21 bits per heavy atom. The van der Waals surface area contributed by atoms with Gasteiger partial charge in [0.2, 0.25) is 5.96 Å². The molecule has 1 fully saturated rings. The van der Waals surface area contributed by atoms with E-state index in [1.54, 1.807) is 17.9 Å². The van der Waals surface area contributed by atoms with Crippen molar-refractivity contribution < 1.29 is 31.9 Å². The van der Waals surface area contributed by atoms with E-state index in [0.717, 1.165) is 18.2 Å². The molecule has 34 heavy (non-hydrogen) atoms. The highest BCUT2D eigenvalue weighted by Gasteiger charge is 2.33. The lowest BCUT2D eigenvalue weighted by Crippen LogP contribution is -2.50. The molecule has 1 amide bonds. The van der Waals surface area contributed by atoms with Gasteiger partial charge in [0.25, 0.3) is 5.91 Å². The first kappa shape index (κ1) is 25.5. The van der Waals surface area contributed by atoms with E-state index in [1.165, 1.54) is 18.2 Å². The second-order valence-electron chi connectivity index (χ2n) is 8.10. The molecule has 1 aliphatic carbocycles. The van der Waals surface area contributed by atoms with Crippen molar-refractivity contribution in [1.82, 2.24) is 10.2 Å². The van der Waals surface area contributed by atoms with Crippen molar-refractivity contribution in [2.45, 2.75) is 44.8 Å². The number of benzene rings is 1. The first-order chi connectivity index (χ1) is 16.2. The molecule has 0 unspecified atom stereocenters. The molecule has 0 aromatic heterocycles. The van der Waals surface area contributed by atoms with Crippen LogP contribution in [0.25, 0.3) is 0 Å². The molecule has 0 atom stereocenters. The molecule has 1 aliphatic heterocycles. The van der Waals surface area contributed by atoms with Gasteiger partial charge in [-0.3, -0.25) is 14.9 Å². The van der Waals surface area contributed by atoms with Crippen LogP contribution in [0, 0.1) is 5.92 Å². The molecule has 1 saturated carbocycles. The highest BCUT2D eigenvalue weighted by molar-refractivity contribution is 6.06. The summed E-state index contributed by atoms with van der Waals surface area (Å²) < 4.78 is 58.1. The Bertz CT molecular complexity index is 980. The highest BCUT2D eigenvalue weighted by atomic mass is 19.4. The first-order valence-corrected chi connectivity index (χ1v) is 11.2.